The summed E-state index contributed by atoms with van der Waals surface area (Å²) in [6.45, 7) is 1.61. The smallest absolute Gasteiger partial charge is 0.278 e. The predicted molar refractivity (Wildman–Crippen MR) is 70.9 cm³/mol. The first kappa shape index (κ1) is 13.0. The molecule has 1 aromatic carbocycles. The second-order valence-electron chi connectivity index (χ2n) is 4.09. The third-order valence-electron chi connectivity index (χ3n) is 2.66. The molecule has 5 heteroatoms. The number of para-hydroxylation sites is 1. The van der Waals surface area contributed by atoms with Crippen molar-refractivity contribution < 1.29 is 15.0 Å². The van der Waals surface area contributed by atoms with Crippen LogP contribution in [0.3, 0.4) is 0 Å². The van der Waals surface area contributed by atoms with Crippen LogP contribution < -0.4 is 5.32 Å². The summed E-state index contributed by atoms with van der Waals surface area (Å²) >= 11 is 0. The lowest BCUT2D eigenvalue weighted by atomic mass is 10.1. The van der Waals surface area contributed by atoms with Gasteiger partial charge in [0.25, 0.3) is 5.91 Å². The molecule has 0 bridgehead atoms. The highest BCUT2D eigenvalue weighted by atomic mass is 16.3. The maximum atomic E-state index is 12.0. The van der Waals surface area contributed by atoms with E-state index in [0.717, 1.165) is 0 Å². The maximum Gasteiger partial charge on any atom is 0.278 e. The van der Waals surface area contributed by atoms with Gasteiger partial charge in [-0.3, -0.25) is 4.79 Å². The van der Waals surface area contributed by atoms with Crippen LogP contribution in [0.2, 0.25) is 0 Å². The Balaban J connectivity index is 2.27. The Morgan fingerprint density at radius 3 is 2.68 bits per heavy atom. The summed E-state index contributed by atoms with van der Waals surface area (Å²) in [5.74, 6) is -0.708. The lowest BCUT2D eigenvalue weighted by Crippen LogP contribution is -2.15. The number of hydrogen-bond acceptors (Lipinski definition) is 4. The van der Waals surface area contributed by atoms with Gasteiger partial charge in [-0.25, -0.2) is 4.98 Å². The number of nitrogens with one attached hydrogen (secondary N) is 1. The molecule has 98 valence electrons. The van der Waals surface area contributed by atoms with E-state index in [9.17, 15) is 15.0 Å². The standard InChI is InChI=1S/C14H14N2O3/c1-9(17)10-5-2-3-6-11(10)16-14(19)13-12(18)7-4-8-15-13/h2-9,17-18H,1H3,(H,16,19). The molecule has 3 N–H and O–H groups in total. The van der Waals surface area contributed by atoms with E-state index in [1.165, 1.54) is 18.3 Å². The van der Waals surface area contributed by atoms with E-state index < -0.39 is 12.0 Å². The summed E-state index contributed by atoms with van der Waals surface area (Å²) in [5.41, 5.74) is 1.04. The van der Waals surface area contributed by atoms with Crippen LogP contribution >= 0.6 is 0 Å². The number of aliphatic hydroxyl groups excluding tert-OH is 1. The van der Waals surface area contributed by atoms with Crippen LogP contribution in [-0.4, -0.2) is 21.1 Å². The van der Waals surface area contributed by atoms with Gasteiger partial charge in [0.15, 0.2) is 5.69 Å². The second kappa shape index (κ2) is 5.49. The first-order valence-corrected chi connectivity index (χ1v) is 5.82. The number of rotatable bonds is 3. The molecule has 0 fully saturated rings. The van der Waals surface area contributed by atoms with Gasteiger partial charge in [-0.05, 0) is 25.1 Å². The zero-order valence-electron chi connectivity index (χ0n) is 10.4. The van der Waals surface area contributed by atoms with Crippen molar-refractivity contribution in [3.63, 3.8) is 0 Å². The normalized spacial score (nSPS) is 11.9. The van der Waals surface area contributed by atoms with E-state index in [1.807, 2.05) is 0 Å². The van der Waals surface area contributed by atoms with Crippen molar-refractivity contribution >= 4 is 11.6 Å². The molecule has 2 rings (SSSR count). The molecule has 0 saturated heterocycles. The maximum absolute atomic E-state index is 12.0. The molecule has 1 heterocycles. The average molecular weight is 258 g/mol. The fraction of sp³-hybridized carbons (Fsp3) is 0.143. The Bertz CT molecular complexity index is 597. The van der Waals surface area contributed by atoms with Gasteiger partial charge >= 0.3 is 0 Å². The highest BCUT2D eigenvalue weighted by Crippen LogP contribution is 2.23. The molecule has 0 saturated carbocycles. The van der Waals surface area contributed by atoms with E-state index in [4.69, 9.17) is 0 Å². The first-order valence-electron chi connectivity index (χ1n) is 5.82. The Kier molecular flexibility index (Phi) is 3.77. The molecular formula is C14H14N2O3. The Morgan fingerprint density at radius 2 is 2.00 bits per heavy atom. The molecule has 0 aliphatic rings. The molecule has 0 aliphatic carbocycles. The van der Waals surface area contributed by atoms with Gasteiger partial charge in [-0.2, -0.15) is 0 Å². The van der Waals surface area contributed by atoms with Gasteiger partial charge in [0, 0.05) is 17.4 Å². The third-order valence-corrected chi connectivity index (χ3v) is 2.66. The molecule has 0 radical (unpaired) electrons. The van der Waals surface area contributed by atoms with Crippen molar-refractivity contribution in [2.45, 2.75) is 13.0 Å². The van der Waals surface area contributed by atoms with Gasteiger partial charge in [-0.15, -0.1) is 0 Å². The Labute approximate surface area is 110 Å². The van der Waals surface area contributed by atoms with E-state index >= 15 is 0 Å². The molecule has 1 aromatic heterocycles. The summed E-state index contributed by atoms with van der Waals surface area (Å²) in [6, 6.07) is 9.85. The monoisotopic (exact) mass is 258 g/mol. The van der Waals surface area contributed by atoms with E-state index in [-0.39, 0.29) is 11.4 Å². The van der Waals surface area contributed by atoms with Crippen LogP contribution in [0.1, 0.15) is 29.1 Å². The van der Waals surface area contributed by atoms with Crippen LogP contribution in [0.25, 0.3) is 0 Å². The summed E-state index contributed by atoms with van der Waals surface area (Å²) in [5, 5.41) is 21.8. The van der Waals surface area contributed by atoms with Gasteiger partial charge in [0.05, 0.1) is 6.10 Å². The van der Waals surface area contributed by atoms with Crippen LogP contribution in [-0.2, 0) is 0 Å². The fourth-order valence-corrected chi connectivity index (χ4v) is 1.73. The first-order chi connectivity index (χ1) is 9.09. The summed E-state index contributed by atoms with van der Waals surface area (Å²) in [6.07, 6.45) is 0.726. The largest absolute Gasteiger partial charge is 0.505 e. The molecule has 2 aromatic rings. The quantitative estimate of drug-likeness (QED) is 0.787. The third kappa shape index (κ3) is 2.89. The van der Waals surface area contributed by atoms with E-state index in [1.54, 1.807) is 31.2 Å². The number of anilines is 1. The van der Waals surface area contributed by atoms with Crippen molar-refractivity contribution in [1.82, 2.24) is 4.98 Å². The fourth-order valence-electron chi connectivity index (χ4n) is 1.73. The molecule has 0 spiro atoms. The zero-order chi connectivity index (χ0) is 13.8. The molecule has 1 unspecified atom stereocenters. The SMILES string of the molecule is CC(O)c1ccccc1NC(=O)c1ncccc1O. The number of aromatic hydroxyl groups is 1. The van der Waals surface area contributed by atoms with Crippen LogP contribution in [0.5, 0.6) is 5.75 Å². The highest BCUT2D eigenvalue weighted by molar-refractivity contribution is 6.05. The lowest BCUT2D eigenvalue weighted by molar-refractivity contribution is 0.101. The van der Waals surface area contributed by atoms with E-state index in [2.05, 4.69) is 10.3 Å². The summed E-state index contributed by atoms with van der Waals surface area (Å²) in [7, 11) is 0. The zero-order valence-corrected chi connectivity index (χ0v) is 10.4. The van der Waals surface area contributed by atoms with Crippen molar-refractivity contribution in [3.05, 3.63) is 53.9 Å². The number of aliphatic hydroxyl groups is 1. The summed E-state index contributed by atoms with van der Waals surface area (Å²) in [4.78, 5) is 15.8. The Morgan fingerprint density at radius 1 is 1.26 bits per heavy atom. The minimum atomic E-state index is -0.700. The minimum Gasteiger partial charge on any atom is -0.505 e. The molecule has 1 amide bonds. The Hall–Kier alpha value is -2.40. The van der Waals surface area contributed by atoms with Gasteiger partial charge in [0.2, 0.25) is 0 Å². The van der Waals surface area contributed by atoms with Crippen molar-refractivity contribution in [1.29, 1.82) is 0 Å². The van der Waals surface area contributed by atoms with Crippen LogP contribution in [0.15, 0.2) is 42.6 Å². The lowest BCUT2D eigenvalue weighted by Gasteiger charge is -2.12. The number of amides is 1. The van der Waals surface area contributed by atoms with Crippen molar-refractivity contribution in [2.75, 3.05) is 5.32 Å². The predicted octanol–water partition coefficient (Wildman–Crippen LogP) is 2.09. The number of pyridine rings is 1. The van der Waals surface area contributed by atoms with Crippen LogP contribution in [0, 0.1) is 0 Å². The number of benzene rings is 1. The molecular weight excluding hydrogens is 244 g/mol. The van der Waals surface area contributed by atoms with Gasteiger partial charge < -0.3 is 15.5 Å². The van der Waals surface area contributed by atoms with Crippen molar-refractivity contribution in [2.24, 2.45) is 0 Å². The van der Waals surface area contributed by atoms with Crippen LogP contribution in [0.4, 0.5) is 5.69 Å². The number of aromatic nitrogens is 1. The topological polar surface area (TPSA) is 82.5 Å². The average Bonchev–Trinajstić information content (AvgIpc) is 2.39. The van der Waals surface area contributed by atoms with Gasteiger partial charge in [0.1, 0.15) is 5.75 Å². The van der Waals surface area contributed by atoms with E-state index in [0.29, 0.717) is 11.3 Å². The molecule has 5 nitrogen and oxygen atoms in total. The molecule has 19 heavy (non-hydrogen) atoms. The van der Waals surface area contributed by atoms with Gasteiger partial charge in [-0.1, -0.05) is 18.2 Å². The summed E-state index contributed by atoms with van der Waals surface area (Å²) < 4.78 is 0. The number of nitrogens with zero attached hydrogens (tertiary/aromatic N) is 1. The second-order valence-corrected chi connectivity index (χ2v) is 4.09. The molecule has 0 aliphatic heterocycles. The minimum absolute atomic E-state index is 0.0529. The highest BCUT2D eigenvalue weighted by Gasteiger charge is 2.15. The number of carbonyl (C=O) groups is 1. The number of hydrogen-bond donors (Lipinski definition) is 3. The molecule has 1 atom stereocenters. The van der Waals surface area contributed by atoms with Crippen molar-refractivity contribution in [3.8, 4) is 5.75 Å². The number of carbonyl (C=O) groups excluding carboxylic acids is 1.